The third-order valence-electron chi connectivity index (χ3n) is 1.54. The van der Waals surface area contributed by atoms with Crippen LogP contribution in [0.25, 0.3) is 0 Å². The zero-order valence-corrected chi connectivity index (χ0v) is 4.35. The van der Waals surface area contributed by atoms with E-state index in [-0.39, 0.29) is 0 Å². The first kappa shape index (κ1) is 5.13. The number of hydroxylamine groups is 1. The summed E-state index contributed by atoms with van der Waals surface area (Å²) in [6.45, 7) is 0. The van der Waals surface area contributed by atoms with Gasteiger partial charge >= 0.3 is 0 Å². The molecule has 2 nitrogen and oxygen atoms in total. The summed E-state index contributed by atoms with van der Waals surface area (Å²) in [4.78, 5) is 0. The van der Waals surface area contributed by atoms with Crippen molar-refractivity contribution in [3.8, 4) is 0 Å². The monoisotopic (exact) mass is 99.1 g/mol. The lowest BCUT2D eigenvalue weighted by atomic mass is 9.77. The molecule has 0 bridgehead atoms. The minimum absolute atomic E-state index is 0.403. The Balaban J connectivity index is 2.14. The zero-order valence-electron chi connectivity index (χ0n) is 4.35. The third-order valence-corrected chi connectivity index (χ3v) is 1.54. The summed E-state index contributed by atoms with van der Waals surface area (Å²) in [5.74, 6) is 0. The van der Waals surface area contributed by atoms with Crippen LogP contribution in [0.1, 0.15) is 6.42 Å². The first-order valence-electron chi connectivity index (χ1n) is 2.83. The molecule has 1 rings (SSSR count). The van der Waals surface area contributed by atoms with E-state index >= 15 is 0 Å². The average Bonchev–Trinajstić information content (AvgIpc) is 2.14. The van der Waals surface area contributed by atoms with Crippen LogP contribution >= 0.6 is 0 Å². The smallest absolute Gasteiger partial charge is 0.122 e. The van der Waals surface area contributed by atoms with Crippen LogP contribution in [0, 0.1) is 0 Å². The number of hydrogen-bond acceptors (Lipinski definition) is 2. The van der Waals surface area contributed by atoms with Gasteiger partial charge in [-0.05, 0) is 6.42 Å². The summed E-state index contributed by atoms with van der Waals surface area (Å²) in [6, 6.07) is 0.403. The molecular weight excluding hydrogens is 88.9 g/mol. The Hall–Kier alpha value is -0.0151. The van der Waals surface area contributed by atoms with Gasteiger partial charge in [0, 0.05) is 6.04 Å². The van der Waals surface area contributed by atoms with Gasteiger partial charge in [-0.15, -0.1) is 0 Å². The van der Waals surface area contributed by atoms with Gasteiger partial charge in [-0.2, -0.15) is 0 Å². The first-order chi connectivity index (χ1) is 3.43. The fourth-order valence-electron chi connectivity index (χ4n) is 1.05. The molecule has 3 heteroatoms. The Morgan fingerprint density at radius 3 is 2.86 bits per heavy atom. The largest absolute Gasteiger partial charge is 0.317 e. The Morgan fingerprint density at radius 2 is 2.57 bits per heavy atom. The van der Waals surface area contributed by atoms with E-state index in [0.717, 1.165) is 12.7 Å². The molecule has 1 fully saturated rings. The molecule has 1 aliphatic rings. The van der Waals surface area contributed by atoms with Gasteiger partial charge in [0.1, 0.15) is 7.28 Å². The third kappa shape index (κ3) is 1.18. The van der Waals surface area contributed by atoms with Gasteiger partial charge in [0.05, 0.1) is 0 Å². The van der Waals surface area contributed by atoms with Crippen molar-refractivity contribution in [3.63, 3.8) is 0 Å². The van der Waals surface area contributed by atoms with E-state index in [2.05, 4.69) is 5.48 Å². The van der Waals surface area contributed by atoms with E-state index in [1.165, 1.54) is 13.6 Å². The fraction of sp³-hybridized carbons (Fsp3) is 1.00. The van der Waals surface area contributed by atoms with Crippen molar-refractivity contribution < 1.29 is 5.21 Å². The number of rotatable bonds is 1. The average molecular weight is 98.9 g/mol. The minimum atomic E-state index is 0.403. The number of hydrogen-bond donors (Lipinski definition) is 2. The van der Waals surface area contributed by atoms with Gasteiger partial charge in [-0.25, -0.2) is 5.48 Å². The molecule has 1 aliphatic heterocycles. The lowest BCUT2D eigenvalue weighted by molar-refractivity contribution is 0.134. The van der Waals surface area contributed by atoms with E-state index in [0.29, 0.717) is 6.04 Å². The molecule has 0 aliphatic carbocycles. The Bertz CT molecular complexity index is 53.7. The van der Waals surface area contributed by atoms with Crippen molar-refractivity contribution in [1.29, 1.82) is 0 Å². The lowest BCUT2D eigenvalue weighted by Crippen LogP contribution is -2.20. The molecule has 0 radical (unpaired) electrons. The van der Waals surface area contributed by atoms with Gasteiger partial charge in [0.25, 0.3) is 0 Å². The van der Waals surface area contributed by atoms with E-state index in [1.807, 2.05) is 0 Å². The van der Waals surface area contributed by atoms with E-state index < -0.39 is 0 Å². The quantitative estimate of drug-likeness (QED) is 0.358. The molecule has 0 aromatic heterocycles. The summed E-state index contributed by atoms with van der Waals surface area (Å²) in [7, 11) is 1.28. The molecule has 7 heavy (non-hydrogen) atoms. The van der Waals surface area contributed by atoms with Crippen molar-refractivity contribution in [2.45, 2.75) is 25.1 Å². The first-order valence-corrected chi connectivity index (χ1v) is 2.83. The predicted molar refractivity (Wildman–Crippen MR) is 30.1 cm³/mol. The van der Waals surface area contributed by atoms with Crippen LogP contribution in [-0.4, -0.2) is 18.5 Å². The van der Waals surface area contributed by atoms with Crippen LogP contribution in [0.4, 0.5) is 0 Å². The van der Waals surface area contributed by atoms with Crippen LogP contribution in [0.15, 0.2) is 0 Å². The molecule has 0 saturated carbocycles. The molecule has 1 heterocycles. The van der Waals surface area contributed by atoms with Gasteiger partial charge < -0.3 is 5.21 Å². The molecule has 0 amide bonds. The molecule has 1 unspecified atom stereocenters. The molecular formula is C4H10BNO. The van der Waals surface area contributed by atoms with E-state index in [1.54, 1.807) is 0 Å². The minimum Gasteiger partial charge on any atom is -0.317 e. The number of nitrogens with one attached hydrogen (secondary N) is 1. The molecule has 1 saturated heterocycles. The normalized spacial score (nSPS) is 30.1. The topological polar surface area (TPSA) is 32.3 Å². The van der Waals surface area contributed by atoms with Gasteiger partial charge in [-0.3, -0.25) is 0 Å². The van der Waals surface area contributed by atoms with Crippen LogP contribution in [-0.2, 0) is 0 Å². The highest BCUT2D eigenvalue weighted by atomic mass is 16.5. The van der Waals surface area contributed by atoms with Crippen molar-refractivity contribution >= 4 is 7.28 Å². The molecule has 0 spiro atoms. The van der Waals surface area contributed by atoms with Crippen molar-refractivity contribution in [3.05, 3.63) is 0 Å². The molecule has 40 valence electrons. The SMILES string of the molecule is ONC1CBCC1. The maximum absolute atomic E-state index is 8.32. The van der Waals surface area contributed by atoms with Crippen molar-refractivity contribution in [1.82, 2.24) is 5.48 Å². The molecule has 0 aromatic rings. The fourth-order valence-corrected chi connectivity index (χ4v) is 1.05. The molecule has 0 aromatic carbocycles. The Kier molecular flexibility index (Phi) is 1.71. The summed E-state index contributed by atoms with van der Waals surface area (Å²) < 4.78 is 0. The Labute approximate surface area is 44.1 Å². The van der Waals surface area contributed by atoms with Crippen LogP contribution in [0.3, 0.4) is 0 Å². The van der Waals surface area contributed by atoms with E-state index in [4.69, 9.17) is 5.21 Å². The maximum Gasteiger partial charge on any atom is 0.122 e. The molecule has 2 N–H and O–H groups in total. The highest BCUT2D eigenvalue weighted by molar-refractivity contribution is 6.36. The summed E-state index contributed by atoms with van der Waals surface area (Å²) in [5.41, 5.74) is 2.26. The van der Waals surface area contributed by atoms with Gasteiger partial charge in [0.2, 0.25) is 0 Å². The zero-order chi connectivity index (χ0) is 5.11. The highest BCUT2D eigenvalue weighted by Gasteiger charge is 2.13. The van der Waals surface area contributed by atoms with E-state index in [9.17, 15) is 0 Å². The highest BCUT2D eigenvalue weighted by Crippen LogP contribution is 2.11. The second kappa shape index (κ2) is 2.33. The second-order valence-corrected chi connectivity index (χ2v) is 2.11. The summed E-state index contributed by atoms with van der Waals surface area (Å²) in [6.07, 6.45) is 3.57. The van der Waals surface area contributed by atoms with Crippen molar-refractivity contribution in [2.75, 3.05) is 0 Å². The molecule has 1 atom stereocenters. The van der Waals surface area contributed by atoms with Crippen LogP contribution in [0.2, 0.25) is 12.6 Å². The van der Waals surface area contributed by atoms with Crippen LogP contribution < -0.4 is 5.48 Å². The summed E-state index contributed by atoms with van der Waals surface area (Å²) in [5, 5.41) is 8.32. The lowest BCUT2D eigenvalue weighted by Gasteiger charge is -2.02. The van der Waals surface area contributed by atoms with Crippen LogP contribution in [0.5, 0.6) is 0 Å². The van der Waals surface area contributed by atoms with Gasteiger partial charge in [0.15, 0.2) is 0 Å². The summed E-state index contributed by atoms with van der Waals surface area (Å²) >= 11 is 0. The predicted octanol–water partition coefficient (Wildman–Crippen LogP) is 0.0106. The van der Waals surface area contributed by atoms with Gasteiger partial charge in [-0.1, -0.05) is 12.6 Å². The maximum atomic E-state index is 8.32. The van der Waals surface area contributed by atoms with Crippen molar-refractivity contribution in [2.24, 2.45) is 0 Å². The second-order valence-electron chi connectivity index (χ2n) is 2.11. The Morgan fingerprint density at radius 1 is 1.71 bits per heavy atom. The standard InChI is InChI=1S/C4H10BNO/c7-6-4-1-2-5-3-4/h4-7H,1-3H2.